The van der Waals surface area contributed by atoms with Crippen molar-refractivity contribution in [3.05, 3.63) is 46.4 Å². The predicted molar refractivity (Wildman–Crippen MR) is 80.8 cm³/mol. The minimum atomic E-state index is 0.351. The van der Waals surface area contributed by atoms with Gasteiger partial charge in [-0.05, 0) is 31.5 Å². The van der Waals surface area contributed by atoms with Crippen LogP contribution in [-0.4, -0.2) is 18.1 Å². The van der Waals surface area contributed by atoms with Crippen LogP contribution >= 0.6 is 11.3 Å². The summed E-state index contributed by atoms with van der Waals surface area (Å²) >= 11 is 1.72. The van der Waals surface area contributed by atoms with Crippen LogP contribution in [0.1, 0.15) is 35.9 Å². The Labute approximate surface area is 118 Å². The normalized spacial score (nSPS) is 18.9. The predicted octanol–water partition coefficient (Wildman–Crippen LogP) is 3.39. The number of fused-ring (bicyclic) bond motifs is 1. The number of nitrogens with one attached hydrogen (secondary N) is 2. The van der Waals surface area contributed by atoms with E-state index < -0.39 is 0 Å². The van der Waals surface area contributed by atoms with Crippen LogP contribution in [0.4, 0.5) is 5.69 Å². The van der Waals surface area contributed by atoms with E-state index in [1.54, 1.807) is 11.3 Å². The number of rotatable bonds is 5. The number of para-hydroxylation sites is 1. The van der Waals surface area contributed by atoms with Gasteiger partial charge in [-0.25, -0.2) is 4.98 Å². The fraction of sp³-hybridized carbons (Fsp3) is 0.400. The molecule has 1 aromatic heterocycles. The molecule has 1 aliphatic heterocycles. The van der Waals surface area contributed by atoms with Gasteiger partial charge in [0.05, 0.1) is 6.04 Å². The zero-order chi connectivity index (χ0) is 13.1. The van der Waals surface area contributed by atoms with Crippen LogP contribution < -0.4 is 10.6 Å². The summed E-state index contributed by atoms with van der Waals surface area (Å²) < 4.78 is 0. The first-order chi connectivity index (χ1) is 9.34. The van der Waals surface area contributed by atoms with Crippen LogP contribution in [0.2, 0.25) is 0 Å². The Morgan fingerprint density at radius 2 is 2.37 bits per heavy atom. The van der Waals surface area contributed by atoms with Crippen LogP contribution in [0.25, 0.3) is 0 Å². The number of benzene rings is 1. The standard InChI is InChI=1S/C15H19N3S/c1-11(15-17-8-9-19-15)16-7-6-12-10-18-14-5-3-2-4-13(12)14/h2-5,8-9,11-12,16,18H,6-7,10H2,1H3. The molecule has 2 atom stereocenters. The largest absolute Gasteiger partial charge is 0.384 e. The van der Waals surface area contributed by atoms with Gasteiger partial charge in [-0.15, -0.1) is 11.3 Å². The molecule has 0 radical (unpaired) electrons. The van der Waals surface area contributed by atoms with Gasteiger partial charge in [-0.1, -0.05) is 18.2 Å². The highest BCUT2D eigenvalue weighted by atomic mass is 32.1. The van der Waals surface area contributed by atoms with Crippen LogP contribution in [0.3, 0.4) is 0 Å². The molecule has 2 N–H and O–H groups in total. The van der Waals surface area contributed by atoms with Gasteiger partial charge in [0.1, 0.15) is 5.01 Å². The molecular weight excluding hydrogens is 254 g/mol. The molecule has 0 saturated heterocycles. The van der Waals surface area contributed by atoms with Crippen molar-refractivity contribution in [2.24, 2.45) is 0 Å². The smallest absolute Gasteiger partial charge is 0.109 e. The van der Waals surface area contributed by atoms with Crippen LogP contribution in [-0.2, 0) is 0 Å². The van der Waals surface area contributed by atoms with Crippen molar-refractivity contribution in [3.63, 3.8) is 0 Å². The third-order valence-electron chi connectivity index (χ3n) is 3.70. The van der Waals surface area contributed by atoms with Crippen molar-refractivity contribution in [1.29, 1.82) is 0 Å². The van der Waals surface area contributed by atoms with E-state index in [9.17, 15) is 0 Å². The summed E-state index contributed by atoms with van der Waals surface area (Å²) in [7, 11) is 0. The van der Waals surface area contributed by atoms with Gasteiger partial charge in [0.25, 0.3) is 0 Å². The maximum absolute atomic E-state index is 4.35. The van der Waals surface area contributed by atoms with Crippen LogP contribution in [0, 0.1) is 0 Å². The molecule has 3 rings (SSSR count). The summed E-state index contributed by atoms with van der Waals surface area (Å²) in [5.41, 5.74) is 2.77. The van der Waals surface area contributed by atoms with E-state index in [0.29, 0.717) is 12.0 Å². The molecule has 1 aromatic carbocycles. The third kappa shape index (κ3) is 2.80. The fourth-order valence-corrected chi connectivity index (χ4v) is 3.29. The summed E-state index contributed by atoms with van der Waals surface area (Å²) in [6.45, 7) is 4.27. The average molecular weight is 273 g/mol. The second-order valence-corrected chi connectivity index (χ2v) is 5.93. The summed E-state index contributed by atoms with van der Waals surface area (Å²) in [5.74, 6) is 0.632. The third-order valence-corrected chi connectivity index (χ3v) is 4.66. The molecule has 0 fully saturated rings. The van der Waals surface area contributed by atoms with Crippen molar-refractivity contribution in [1.82, 2.24) is 10.3 Å². The molecule has 4 heteroatoms. The highest BCUT2D eigenvalue weighted by Gasteiger charge is 2.21. The van der Waals surface area contributed by atoms with E-state index in [4.69, 9.17) is 0 Å². The molecule has 2 unspecified atom stereocenters. The van der Waals surface area contributed by atoms with Gasteiger partial charge in [0.15, 0.2) is 0 Å². The Bertz CT molecular complexity index is 524. The van der Waals surface area contributed by atoms with Crippen molar-refractivity contribution < 1.29 is 0 Å². The molecule has 0 aliphatic carbocycles. The molecule has 0 saturated carbocycles. The number of anilines is 1. The summed E-state index contributed by atoms with van der Waals surface area (Å²) in [4.78, 5) is 4.35. The maximum atomic E-state index is 4.35. The number of aromatic nitrogens is 1. The lowest BCUT2D eigenvalue weighted by Crippen LogP contribution is -2.21. The highest BCUT2D eigenvalue weighted by Crippen LogP contribution is 2.32. The number of thiazole rings is 1. The minimum absolute atomic E-state index is 0.351. The summed E-state index contributed by atoms with van der Waals surface area (Å²) in [5, 5.41) is 10.2. The second kappa shape index (κ2) is 5.72. The van der Waals surface area contributed by atoms with E-state index in [0.717, 1.165) is 13.1 Å². The van der Waals surface area contributed by atoms with Gasteiger partial charge in [0.2, 0.25) is 0 Å². The van der Waals surface area contributed by atoms with E-state index >= 15 is 0 Å². The van der Waals surface area contributed by atoms with E-state index in [2.05, 4.69) is 46.8 Å². The Morgan fingerprint density at radius 1 is 1.47 bits per heavy atom. The molecule has 0 bridgehead atoms. The van der Waals surface area contributed by atoms with Crippen LogP contribution in [0.15, 0.2) is 35.8 Å². The molecule has 2 heterocycles. The lowest BCUT2D eigenvalue weighted by atomic mass is 9.98. The molecular formula is C15H19N3S. The molecule has 19 heavy (non-hydrogen) atoms. The SMILES string of the molecule is CC(NCCC1CNc2ccccc21)c1nccs1. The first-order valence-electron chi connectivity index (χ1n) is 6.80. The molecule has 1 aliphatic rings. The highest BCUT2D eigenvalue weighted by molar-refractivity contribution is 7.09. The zero-order valence-electron chi connectivity index (χ0n) is 11.1. The minimum Gasteiger partial charge on any atom is -0.384 e. The Balaban J connectivity index is 1.51. The van der Waals surface area contributed by atoms with E-state index in [1.165, 1.54) is 22.7 Å². The zero-order valence-corrected chi connectivity index (χ0v) is 11.9. The maximum Gasteiger partial charge on any atom is 0.109 e. The molecule has 2 aromatic rings. The molecule has 0 amide bonds. The second-order valence-electron chi connectivity index (χ2n) is 5.00. The number of hydrogen-bond donors (Lipinski definition) is 2. The quantitative estimate of drug-likeness (QED) is 0.876. The first kappa shape index (κ1) is 12.6. The van der Waals surface area contributed by atoms with E-state index in [-0.39, 0.29) is 0 Å². The van der Waals surface area contributed by atoms with Crippen LogP contribution in [0.5, 0.6) is 0 Å². The summed E-state index contributed by atoms with van der Waals surface area (Å²) in [6.07, 6.45) is 3.04. The Hall–Kier alpha value is -1.39. The topological polar surface area (TPSA) is 37.0 Å². The van der Waals surface area contributed by atoms with Crippen molar-refractivity contribution in [3.8, 4) is 0 Å². The average Bonchev–Trinajstić information content (AvgIpc) is 3.08. The molecule has 3 nitrogen and oxygen atoms in total. The van der Waals surface area contributed by atoms with Gasteiger partial charge in [-0.2, -0.15) is 0 Å². The van der Waals surface area contributed by atoms with Crippen molar-refractivity contribution in [2.75, 3.05) is 18.4 Å². The summed E-state index contributed by atoms with van der Waals surface area (Å²) in [6, 6.07) is 8.98. The molecule has 0 spiro atoms. The monoisotopic (exact) mass is 273 g/mol. The van der Waals surface area contributed by atoms with Gasteiger partial charge in [0, 0.05) is 29.7 Å². The fourth-order valence-electron chi connectivity index (χ4n) is 2.62. The number of nitrogens with zero attached hydrogens (tertiary/aromatic N) is 1. The van der Waals surface area contributed by atoms with Gasteiger partial charge < -0.3 is 10.6 Å². The van der Waals surface area contributed by atoms with Crippen molar-refractivity contribution >= 4 is 17.0 Å². The lowest BCUT2D eigenvalue weighted by molar-refractivity contribution is 0.529. The Morgan fingerprint density at radius 3 is 3.21 bits per heavy atom. The van der Waals surface area contributed by atoms with Gasteiger partial charge in [-0.3, -0.25) is 0 Å². The van der Waals surface area contributed by atoms with E-state index in [1.807, 2.05) is 11.6 Å². The first-order valence-corrected chi connectivity index (χ1v) is 7.68. The Kier molecular flexibility index (Phi) is 3.80. The van der Waals surface area contributed by atoms with Gasteiger partial charge >= 0.3 is 0 Å². The number of hydrogen-bond acceptors (Lipinski definition) is 4. The molecule has 100 valence electrons. The lowest BCUT2D eigenvalue weighted by Gasteiger charge is -2.14. The van der Waals surface area contributed by atoms with Crippen molar-refractivity contribution in [2.45, 2.75) is 25.3 Å².